The lowest BCUT2D eigenvalue weighted by Gasteiger charge is -2.52. The molecule has 0 aromatic rings. The third-order valence-electron chi connectivity index (χ3n) is 6.18. The molecule has 98 valence electrons. The molecule has 0 aromatic carbocycles. The van der Waals surface area contributed by atoms with Crippen LogP contribution in [0.1, 0.15) is 59.8 Å². The fourth-order valence-corrected chi connectivity index (χ4v) is 4.84. The van der Waals surface area contributed by atoms with E-state index in [1.807, 2.05) is 0 Å². The monoisotopic (exact) mass is 238 g/mol. The van der Waals surface area contributed by atoms with Gasteiger partial charge in [-0.15, -0.1) is 0 Å². The Balaban J connectivity index is 2.39. The van der Waals surface area contributed by atoms with E-state index >= 15 is 0 Å². The summed E-state index contributed by atoms with van der Waals surface area (Å²) in [7, 11) is 0. The van der Waals surface area contributed by atoms with Gasteiger partial charge < -0.3 is 5.11 Å². The lowest BCUT2D eigenvalue weighted by atomic mass is 9.51. The number of aliphatic hydroxyl groups excluding tert-OH is 1. The van der Waals surface area contributed by atoms with E-state index in [9.17, 15) is 9.90 Å². The Labute approximate surface area is 105 Å². The second-order valence-corrected chi connectivity index (χ2v) is 7.26. The van der Waals surface area contributed by atoms with Crippen molar-refractivity contribution < 1.29 is 9.90 Å². The lowest BCUT2D eigenvalue weighted by Crippen LogP contribution is -2.49. The van der Waals surface area contributed by atoms with Gasteiger partial charge in [-0.3, -0.25) is 4.79 Å². The molecule has 2 saturated carbocycles. The first-order valence-electron chi connectivity index (χ1n) is 6.92. The molecule has 0 saturated heterocycles. The van der Waals surface area contributed by atoms with Gasteiger partial charge in [-0.1, -0.05) is 34.1 Å². The molecule has 17 heavy (non-hydrogen) atoms. The molecule has 2 aliphatic carbocycles. The summed E-state index contributed by atoms with van der Waals surface area (Å²) >= 11 is 0. The van der Waals surface area contributed by atoms with Gasteiger partial charge in [0.1, 0.15) is 6.61 Å². The van der Waals surface area contributed by atoms with E-state index in [4.69, 9.17) is 0 Å². The molecule has 0 heterocycles. The number of ketones is 1. The van der Waals surface area contributed by atoms with Crippen LogP contribution in [-0.4, -0.2) is 17.5 Å². The number of hydrogen-bond acceptors (Lipinski definition) is 2. The Morgan fingerprint density at radius 3 is 2.41 bits per heavy atom. The van der Waals surface area contributed by atoms with Gasteiger partial charge in [0.15, 0.2) is 5.78 Å². The fraction of sp³-hybridized carbons (Fsp3) is 0.933. The second kappa shape index (κ2) is 3.81. The van der Waals surface area contributed by atoms with Crippen molar-refractivity contribution in [2.45, 2.75) is 59.8 Å². The SMILES string of the molecule is CC1(C)CCC[C@@]2(C)[C@H]1CC[C@@]2(C)C(=O)CO. The number of carbonyl (C=O) groups excluding carboxylic acids is 1. The molecule has 0 spiro atoms. The van der Waals surface area contributed by atoms with Crippen molar-refractivity contribution >= 4 is 5.78 Å². The molecule has 1 N–H and O–H groups in total. The molecule has 0 unspecified atom stereocenters. The minimum absolute atomic E-state index is 0.0557. The van der Waals surface area contributed by atoms with Gasteiger partial charge in [0, 0.05) is 5.41 Å². The minimum atomic E-state index is -0.301. The van der Waals surface area contributed by atoms with Crippen molar-refractivity contribution in [2.75, 3.05) is 6.61 Å². The van der Waals surface area contributed by atoms with Crippen LogP contribution in [0.2, 0.25) is 0 Å². The average molecular weight is 238 g/mol. The maximum Gasteiger partial charge on any atom is 0.164 e. The number of aliphatic hydroxyl groups is 1. The molecule has 2 rings (SSSR count). The molecule has 2 nitrogen and oxygen atoms in total. The van der Waals surface area contributed by atoms with E-state index in [1.54, 1.807) is 0 Å². The van der Waals surface area contributed by atoms with Gasteiger partial charge in [0.2, 0.25) is 0 Å². The van der Waals surface area contributed by atoms with Crippen LogP contribution < -0.4 is 0 Å². The van der Waals surface area contributed by atoms with E-state index in [0.29, 0.717) is 11.3 Å². The second-order valence-electron chi connectivity index (χ2n) is 7.26. The summed E-state index contributed by atoms with van der Waals surface area (Å²) in [6, 6.07) is 0. The lowest BCUT2D eigenvalue weighted by molar-refractivity contribution is -0.141. The molecule has 3 atom stereocenters. The van der Waals surface area contributed by atoms with Crippen LogP contribution in [0.5, 0.6) is 0 Å². The van der Waals surface area contributed by atoms with Crippen LogP contribution in [0.3, 0.4) is 0 Å². The number of fused-ring (bicyclic) bond motifs is 1. The molecule has 0 bridgehead atoms. The zero-order valence-electron chi connectivity index (χ0n) is 11.7. The van der Waals surface area contributed by atoms with Crippen LogP contribution in [0.25, 0.3) is 0 Å². The van der Waals surface area contributed by atoms with E-state index < -0.39 is 0 Å². The Morgan fingerprint density at radius 1 is 1.18 bits per heavy atom. The highest BCUT2D eigenvalue weighted by molar-refractivity contribution is 5.86. The average Bonchev–Trinajstić information content (AvgIpc) is 2.52. The van der Waals surface area contributed by atoms with Crippen LogP contribution in [0.4, 0.5) is 0 Å². The number of hydrogen-bond donors (Lipinski definition) is 1. The van der Waals surface area contributed by atoms with Crippen molar-refractivity contribution in [2.24, 2.45) is 22.2 Å². The van der Waals surface area contributed by atoms with Gasteiger partial charge in [0.05, 0.1) is 0 Å². The van der Waals surface area contributed by atoms with Crippen molar-refractivity contribution in [1.29, 1.82) is 0 Å². The quantitative estimate of drug-likeness (QED) is 0.802. The highest BCUT2D eigenvalue weighted by Gasteiger charge is 2.61. The standard InChI is InChI=1S/C15H26O2/c1-13(2)7-5-8-14(3)11(13)6-9-15(14,4)12(17)10-16/h11,16H,5-10H2,1-4H3/t11-,14-,15-/m0/s1. The normalized spacial score (nSPS) is 44.4. The van der Waals surface area contributed by atoms with Crippen molar-refractivity contribution in [3.05, 3.63) is 0 Å². The Bertz CT molecular complexity index is 334. The summed E-state index contributed by atoms with van der Waals surface area (Å²) in [5.74, 6) is 0.685. The van der Waals surface area contributed by atoms with E-state index in [0.717, 1.165) is 19.3 Å². The molecule has 0 aliphatic heterocycles. The highest BCUT2D eigenvalue weighted by Crippen LogP contribution is 2.66. The van der Waals surface area contributed by atoms with Gasteiger partial charge >= 0.3 is 0 Å². The van der Waals surface area contributed by atoms with E-state index in [-0.39, 0.29) is 23.2 Å². The first kappa shape index (κ1) is 13.1. The van der Waals surface area contributed by atoms with Gasteiger partial charge in [-0.25, -0.2) is 0 Å². The largest absolute Gasteiger partial charge is 0.389 e. The number of Topliss-reactive ketones (excluding diaryl/α,β-unsaturated/α-hetero) is 1. The van der Waals surface area contributed by atoms with E-state index in [1.165, 1.54) is 12.8 Å². The smallest absolute Gasteiger partial charge is 0.164 e. The van der Waals surface area contributed by atoms with Crippen LogP contribution in [0.15, 0.2) is 0 Å². The summed E-state index contributed by atoms with van der Waals surface area (Å²) in [4.78, 5) is 12.2. The topological polar surface area (TPSA) is 37.3 Å². The van der Waals surface area contributed by atoms with Crippen molar-refractivity contribution in [3.8, 4) is 0 Å². The Kier molecular flexibility index (Phi) is 2.93. The zero-order chi connectivity index (χ0) is 12.9. The molecule has 0 aromatic heterocycles. The van der Waals surface area contributed by atoms with Crippen LogP contribution in [0, 0.1) is 22.2 Å². The summed E-state index contributed by atoms with van der Waals surface area (Å²) in [5, 5.41) is 9.25. The van der Waals surface area contributed by atoms with Gasteiger partial charge in [-0.2, -0.15) is 0 Å². The third-order valence-corrected chi connectivity index (χ3v) is 6.18. The maximum atomic E-state index is 12.2. The van der Waals surface area contributed by atoms with E-state index in [2.05, 4.69) is 27.7 Å². The Hall–Kier alpha value is -0.370. The summed E-state index contributed by atoms with van der Waals surface area (Å²) in [5.41, 5.74) is 0.138. The first-order chi connectivity index (χ1) is 7.78. The molecule has 0 radical (unpaired) electrons. The molecule has 2 fully saturated rings. The van der Waals surface area contributed by atoms with Crippen molar-refractivity contribution in [1.82, 2.24) is 0 Å². The molecule has 2 aliphatic rings. The van der Waals surface area contributed by atoms with Crippen LogP contribution in [-0.2, 0) is 4.79 Å². The zero-order valence-corrected chi connectivity index (χ0v) is 11.7. The predicted molar refractivity (Wildman–Crippen MR) is 68.7 cm³/mol. The molecule has 2 heteroatoms. The molecular weight excluding hydrogens is 212 g/mol. The highest BCUT2D eigenvalue weighted by atomic mass is 16.3. The minimum Gasteiger partial charge on any atom is -0.389 e. The first-order valence-corrected chi connectivity index (χ1v) is 6.92. The third kappa shape index (κ3) is 1.60. The predicted octanol–water partition coefficient (Wildman–Crippen LogP) is 3.18. The molecular formula is C15H26O2. The maximum absolute atomic E-state index is 12.2. The van der Waals surface area contributed by atoms with Crippen molar-refractivity contribution in [3.63, 3.8) is 0 Å². The number of carbonyl (C=O) groups is 1. The Morgan fingerprint density at radius 2 is 1.82 bits per heavy atom. The van der Waals surface area contributed by atoms with Gasteiger partial charge in [0.25, 0.3) is 0 Å². The van der Waals surface area contributed by atoms with Gasteiger partial charge in [-0.05, 0) is 42.4 Å². The molecule has 0 amide bonds. The van der Waals surface area contributed by atoms with Crippen LogP contribution >= 0.6 is 0 Å². The summed E-state index contributed by atoms with van der Waals surface area (Å²) < 4.78 is 0. The summed E-state index contributed by atoms with van der Waals surface area (Å²) in [6.07, 6.45) is 5.73. The number of rotatable bonds is 2. The fourth-order valence-electron chi connectivity index (χ4n) is 4.84. The summed E-state index contributed by atoms with van der Waals surface area (Å²) in [6.45, 7) is 8.79.